The molecule has 0 N–H and O–H groups in total. The van der Waals surface area contributed by atoms with Crippen molar-refractivity contribution in [1.29, 1.82) is 0 Å². The Morgan fingerprint density at radius 2 is 1.95 bits per heavy atom. The first-order valence-electron chi connectivity index (χ1n) is 6.55. The van der Waals surface area contributed by atoms with E-state index in [0.717, 1.165) is 5.56 Å². The second kappa shape index (κ2) is 7.61. The van der Waals surface area contributed by atoms with Crippen LogP contribution in [0.2, 0.25) is 5.02 Å². The minimum absolute atomic E-state index is 0.138. The lowest BCUT2D eigenvalue weighted by molar-refractivity contribution is 0.0549. The lowest BCUT2D eigenvalue weighted by atomic mass is 10.2. The molecular formula is C17H14ClFO3. The third-order valence-corrected chi connectivity index (χ3v) is 3.10. The summed E-state index contributed by atoms with van der Waals surface area (Å²) in [5.74, 6) is -0.345. The van der Waals surface area contributed by atoms with E-state index in [-0.39, 0.29) is 19.0 Å². The summed E-state index contributed by atoms with van der Waals surface area (Å²) >= 11 is 6.09. The molecular weight excluding hydrogens is 307 g/mol. The van der Waals surface area contributed by atoms with Gasteiger partial charge in [0.05, 0.1) is 10.6 Å². The van der Waals surface area contributed by atoms with Crippen molar-refractivity contribution in [1.82, 2.24) is 0 Å². The van der Waals surface area contributed by atoms with Crippen molar-refractivity contribution < 1.29 is 18.7 Å². The van der Waals surface area contributed by atoms with Crippen LogP contribution >= 0.6 is 11.6 Å². The standard InChI is InChI=1S/C17H14ClFO3/c1-2-9-21-17(20)13-5-8-16(15(18)10-13)22-11-12-3-6-14(19)7-4-12/h2-8,10H,1,9,11H2. The van der Waals surface area contributed by atoms with Gasteiger partial charge in [-0.3, -0.25) is 0 Å². The Kier molecular flexibility index (Phi) is 5.55. The zero-order valence-electron chi connectivity index (χ0n) is 11.7. The molecule has 0 aromatic heterocycles. The molecule has 0 atom stereocenters. The lowest BCUT2D eigenvalue weighted by Gasteiger charge is -2.09. The molecule has 0 aliphatic carbocycles. The smallest absolute Gasteiger partial charge is 0.338 e. The number of benzene rings is 2. The number of esters is 1. The minimum atomic E-state index is -0.480. The molecule has 0 amide bonds. The average Bonchev–Trinajstić information content (AvgIpc) is 2.53. The molecule has 3 nitrogen and oxygen atoms in total. The zero-order chi connectivity index (χ0) is 15.9. The van der Waals surface area contributed by atoms with Crippen LogP contribution in [0.1, 0.15) is 15.9 Å². The van der Waals surface area contributed by atoms with Crippen molar-refractivity contribution in [3.63, 3.8) is 0 Å². The summed E-state index contributed by atoms with van der Waals surface area (Å²) in [5.41, 5.74) is 1.15. The van der Waals surface area contributed by atoms with E-state index in [1.54, 1.807) is 24.3 Å². The summed E-state index contributed by atoms with van der Waals surface area (Å²) in [7, 11) is 0. The van der Waals surface area contributed by atoms with Crippen LogP contribution in [0.5, 0.6) is 5.75 Å². The SMILES string of the molecule is C=CCOC(=O)c1ccc(OCc2ccc(F)cc2)c(Cl)c1. The highest BCUT2D eigenvalue weighted by Gasteiger charge is 2.10. The summed E-state index contributed by atoms with van der Waals surface area (Å²) in [5, 5.41) is 0.301. The Bertz CT molecular complexity index is 668. The number of ether oxygens (including phenoxy) is 2. The zero-order valence-corrected chi connectivity index (χ0v) is 12.5. The largest absolute Gasteiger partial charge is 0.487 e. The van der Waals surface area contributed by atoms with Crippen LogP contribution in [-0.2, 0) is 11.3 Å². The number of hydrogen-bond donors (Lipinski definition) is 0. The molecule has 0 radical (unpaired) electrons. The summed E-state index contributed by atoms with van der Waals surface area (Å²) in [6.07, 6.45) is 1.49. The Balaban J connectivity index is 2.01. The number of halogens is 2. The van der Waals surface area contributed by atoms with Gasteiger partial charge in [-0.2, -0.15) is 0 Å². The highest BCUT2D eigenvalue weighted by atomic mass is 35.5. The van der Waals surface area contributed by atoms with E-state index >= 15 is 0 Å². The fraction of sp³-hybridized carbons (Fsp3) is 0.118. The molecule has 2 aromatic carbocycles. The molecule has 2 aromatic rings. The molecule has 0 heterocycles. The maximum Gasteiger partial charge on any atom is 0.338 e. The van der Waals surface area contributed by atoms with Crippen molar-refractivity contribution in [2.75, 3.05) is 6.61 Å². The minimum Gasteiger partial charge on any atom is -0.487 e. The summed E-state index contributed by atoms with van der Waals surface area (Å²) in [6, 6.07) is 10.6. The Hall–Kier alpha value is -2.33. The molecule has 2 rings (SSSR count). The molecule has 0 aliphatic heterocycles. The van der Waals surface area contributed by atoms with Crippen molar-refractivity contribution in [3.8, 4) is 5.75 Å². The fourth-order valence-corrected chi connectivity index (χ4v) is 1.94. The fourth-order valence-electron chi connectivity index (χ4n) is 1.70. The molecule has 0 bridgehead atoms. The molecule has 0 saturated heterocycles. The molecule has 0 unspecified atom stereocenters. The van der Waals surface area contributed by atoms with Crippen molar-refractivity contribution in [3.05, 3.63) is 77.1 Å². The van der Waals surface area contributed by atoms with Gasteiger partial charge in [0.2, 0.25) is 0 Å². The van der Waals surface area contributed by atoms with E-state index in [1.165, 1.54) is 24.3 Å². The molecule has 0 aliphatic rings. The van der Waals surface area contributed by atoms with E-state index in [0.29, 0.717) is 16.3 Å². The van der Waals surface area contributed by atoms with Gasteiger partial charge in [-0.25, -0.2) is 9.18 Å². The molecule has 0 fully saturated rings. The van der Waals surface area contributed by atoms with Gasteiger partial charge < -0.3 is 9.47 Å². The van der Waals surface area contributed by atoms with Crippen molar-refractivity contribution >= 4 is 17.6 Å². The second-order valence-electron chi connectivity index (χ2n) is 4.45. The van der Waals surface area contributed by atoms with Gasteiger partial charge in [0.1, 0.15) is 24.8 Å². The van der Waals surface area contributed by atoms with E-state index < -0.39 is 5.97 Å². The highest BCUT2D eigenvalue weighted by Crippen LogP contribution is 2.26. The van der Waals surface area contributed by atoms with E-state index in [1.807, 2.05) is 0 Å². The predicted octanol–water partition coefficient (Wildman–Crippen LogP) is 4.40. The van der Waals surface area contributed by atoms with E-state index in [2.05, 4.69) is 6.58 Å². The third-order valence-electron chi connectivity index (χ3n) is 2.81. The first-order valence-corrected chi connectivity index (χ1v) is 6.93. The predicted molar refractivity (Wildman–Crippen MR) is 82.7 cm³/mol. The normalized spacial score (nSPS) is 10.1. The van der Waals surface area contributed by atoms with Gasteiger partial charge >= 0.3 is 5.97 Å². The van der Waals surface area contributed by atoms with Crippen LogP contribution in [0.4, 0.5) is 4.39 Å². The van der Waals surface area contributed by atoms with Crippen LogP contribution in [0.25, 0.3) is 0 Å². The molecule has 114 valence electrons. The third kappa shape index (κ3) is 4.33. The van der Waals surface area contributed by atoms with Gasteiger partial charge in [-0.05, 0) is 35.9 Å². The summed E-state index contributed by atoms with van der Waals surface area (Å²) in [6.45, 7) is 3.86. The van der Waals surface area contributed by atoms with Gasteiger partial charge in [0.15, 0.2) is 0 Å². The summed E-state index contributed by atoms with van der Waals surface area (Å²) < 4.78 is 23.3. The van der Waals surface area contributed by atoms with Crippen LogP contribution in [-0.4, -0.2) is 12.6 Å². The Morgan fingerprint density at radius 3 is 2.59 bits per heavy atom. The first kappa shape index (κ1) is 16.0. The Morgan fingerprint density at radius 1 is 1.23 bits per heavy atom. The van der Waals surface area contributed by atoms with Crippen LogP contribution in [0.15, 0.2) is 55.1 Å². The first-order chi connectivity index (χ1) is 10.6. The molecule has 5 heteroatoms. The van der Waals surface area contributed by atoms with E-state index in [4.69, 9.17) is 21.1 Å². The van der Waals surface area contributed by atoms with Gasteiger partial charge in [-0.15, -0.1) is 0 Å². The maximum absolute atomic E-state index is 12.8. The van der Waals surface area contributed by atoms with Crippen molar-refractivity contribution in [2.24, 2.45) is 0 Å². The number of carbonyl (C=O) groups excluding carboxylic acids is 1. The van der Waals surface area contributed by atoms with E-state index in [9.17, 15) is 9.18 Å². The number of carbonyl (C=O) groups is 1. The maximum atomic E-state index is 12.8. The van der Waals surface area contributed by atoms with Crippen LogP contribution < -0.4 is 4.74 Å². The summed E-state index contributed by atoms with van der Waals surface area (Å²) in [4.78, 5) is 11.7. The number of rotatable bonds is 6. The molecule has 0 saturated carbocycles. The topological polar surface area (TPSA) is 35.5 Å². The molecule has 0 spiro atoms. The van der Waals surface area contributed by atoms with Crippen molar-refractivity contribution in [2.45, 2.75) is 6.61 Å². The quantitative estimate of drug-likeness (QED) is 0.584. The second-order valence-corrected chi connectivity index (χ2v) is 4.85. The monoisotopic (exact) mass is 320 g/mol. The Labute approximate surface area is 132 Å². The van der Waals surface area contributed by atoms with Gasteiger partial charge in [-0.1, -0.05) is 36.4 Å². The highest BCUT2D eigenvalue weighted by molar-refractivity contribution is 6.32. The average molecular weight is 321 g/mol. The number of hydrogen-bond acceptors (Lipinski definition) is 3. The van der Waals surface area contributed by atoms with Crippen LogP contribution in [0.3, 0.4) is 0 Å². The van der Waals surface area contributed by atoms with Gasteiger partial charge in [0, 0.05) is 0 Å². The lowest BCUT2D eigenvalue weighted by Crippen LogP contribution is -2.05. The molecule has 22 heavy (non-hydrogen) atoms. The van der Waals surface area contributed by atoms with Gasteiger partial charge in [0.25, 0.3) is 0 Å². The van der Waals surface area contributed by atoms with Crippen LogP contribution in [0, 0.1) is 5.82 Å².